The van der Waals surface area contributed by atoms with Gasteiger partial charge in [0, 0.05) is 5.56 Å². The number of rotatable bonds is 3. The zero-order valence-electron chi connectivity index (χ0n) is 13.8. The van der Waals surface area contributed by atoms with E-state index in [1.165, 1.54) is 0 Å². The van der Waals surface area contributed by atoms with Gasteiger partial charge in [0.2, 0.25) is 0 Å². The Morgan fingerprint density at radius 2 is 1.67 bits per heavy atom. The number of fused-ring (bicyclic) bond motifs is 1. The lowest BCUT2D eigenvalue weighted by Gasteiger charge is -2.28. The van der Waals surface area contributed by atoms with Gasteiger partial charge >= 0.3 is 10.2 Å². The van der Waals surface area contributed by atoms with Crippen LogP contribution in [0.15, 0.2) is 52.9 Å². The Labute approximate surface area is 149 Å². The van der Waals surface area contributed by atoms with Crippen molar-refractivity contribution in [3.05, 3.63) is 54.1 Å². The third kappa shape index (κ3) is 3.95. The van der Waals surface area contributed by atoms with E-state index in [-0.39, 0.29) is 12.4 Å². The molecule has 0 radical (unpaired) electrons. The van der Waals surface area contributed by atoms with Crippen LogP contribution in [0.1, 0.15) is 5.56 Å². The fourth-order valence-electron chi connectivity index (χ4n) is 2.72. The predicted octanol–water partition coefficient (Wildman–Crippen LogP) is -0.477. The van der Waals surface area contributed by atoms with Crippen LogP contribution in [0.3, 0.4) is 0 Å². The summed E-state index contributed by atoms with van der Waals surface area (Å²) in [4.78, 5) is 0. The van der Waals surface area contributed by atoms with Crippen molar-refractivity contribution in [1.29, 1.82) is 0 Å². The van der Waals surface area contributed by atoms with Crippen molar-refractivity contribution in [3.8, 4) is 11.1 Å². The first-order chi connectivity index (χ1) is 10.8. The van der Waals surface area contributed by atoms with Crippen molar-refractivity contribution in [1.82, 2.24) is 0 Å². The Morgan fingerprint density at radius 1 is 1.00 bits per heavy atom. The fraction of sp³-hybridized carbons (Fsp3) is 0.235. The Morgan fingerprint density at radius 3 is 2.29 bits per heavy atom. The Hall–Kier alpha value is -1.89. The normalized spacial score (nSPS) is 15.5. The van der Waals surface area contributed by atoms with Crippen LogP contribution in [-0.4, -0.2) is 46.3 Å². The minimum atomic E-state index is -3.69. The second kappa shape index (κ2) is 6.55. The van der Waals surface area contributed by atoms with Crippen molar-refractivity contribution in [2.75, 3.05) is 32.4 Å². The largest absolute Gasteiger partial charge is 1.00 e. The summed E-state index contributed by atoms with van der Waals surface area (Å²) < 4.78 is 31.2. The van der Waals surface area contributed by atoms with Gasteiger partial charge in [-0.1, -0.05) is 42.5 Å². The molecular formula is C17H20ClN3O2S. The summed E-state index contributed by atoms with van der Waals surface area (Å²) >= 11 is 0. The lowest BCUT2D eigenvalue weighted by atomic mass is 9.94. The summed E-state index contributed by atoms with van der Waals surface area (Å²) in [5.74, 6) is 0. The first kappa shape index (κ1) is 18.4. The van der Waals surface area contributed by atoms with Crippen LogP contribution < -0.4 is 17.1 Å². The fourth-order valence-corrected chi connectivity index (χ4v) is 3.65. The molecule has 0 bridgehead atoms. The maximum absolute atomic E-state index is 12.1. The topological polar surface area (TPSA) is 58.5 Å². The molecule has 0 aliphatic carbocycles. The van der Waals surface area contributed by atoms with Crippen molar-refractivity contribution < 1.29 is 25.3 Å². The molecule has 1 aliphatic heterocycles. The van der Waals surface area contributed by atoms with Crippen LogP contribution in [0.2, 0.25) is 0 Å². The molecule has 128 valence electrons. The van der Waals surface area contributed by atoms with Gasteiger partial charge in [0.1, 0.15) is 12.3 Å². The van der Waals surface area contributed by atoms with Gasteiger partial charge in [-0.15, -0.1) is 4.40 Å². The maximum atomic E-state index is 12.1. The van der Waals surface area contributed by atoms with Crippen molar-refractivity contribution in [3.63, 3.8) is 0 Å². The average Bonchev–Trinajstić information content (AvgIpc) is 2.44. The minimum absolute atomic E-state index is 0. The number of anilines is 1. The highest BCUT2D eigenvalue weighted by Gasteiger charge is 2.28. The van der Waals surface area contributed by atoms with E-state index in [4.69, 9.17) is 0 Å². The Kier molecular flexibility index (Phi) is 5.03. The second-order valence-electron chi connectivity index (χ2n) is 6.66. The average molecular weight is 366 g/mol. The van der Waals surface area contributed by atoms with Crippen LogP contribution in [0.25, 0.3) is 11.1 Å². The second-order valence-corrected chi connectivity index (χ2v) is 7.99. The molecule has 2 aromatic carbocycles. The van der Waals surface area contributed by atoms with E-state index in [9.17, 15) is 8.42 Å². The molecule has 0 unspecified atom stereocenters. The van der Waals surface area contributed by atoms with Gasteiger partial charge in [-0.3, -0.25) is 4.72 Å². The molecule has 1 N–H and O–H groups in total. The summed E-state index contributed by atoms with van der Waals surface area (Å²) in [6.07, 6.45) is 0. The molecule has 0 aromatic heterocycles. The number of benzene rings is 2. The highest BCUT2D eigenvalue weighted by atomic mass is 35.5. The number of hydrogen-bond acceptors (Lipinski definition) is 2. The first-order valence-corrected chi connectivity index (χ1v) is 8.80. The minimum Gasteiger partial charge on any atom is -1.00 e. The molecule has 0 amide bonds. The smallest absolute Gasteiger partial charge is 0.342 e. The molecule has 1 aliphatic rings. The van der Waals surface area contributed by atoms with Gasteiger partial charge in [-0.25, -0.2) is 0 Å². The molecule has 0 saturated heterocycles. The van der Waals surface area contributed by atoms with Crippen LogP contribution in [0.5, 0.6) is 0 Å². The quantitative estimate of drug-likeness (QED) is 0.747. The molecule has 3 rings (SSSR count). The Bertz CT molecular complexity index is 872. The van der Waals surface area contributed by atoms with Crippen LogP contribution in [0.4, 0.5) is 5.69 Å². The molecule has 2 aromatic rings. The van der Waals surface area contributed by atoms with E-state index < -0.39 is 10.2 Å². The highest BCUT2D eigenvalue weighted by Crippen LogP contribution is 2.33. The number of nitrogens with zero attached hydrogens (tertiary/aromatic N) is 2. The summed E-state index contributed by atoms with van der Waals surface area (Å²) in [6, 6.07) is 15.6. The highest BCUT2D eigenvalue weighted by molar-refractivity contribution is 7.91. The molecule has 7 heteroatoms. The third-order valence-electron chi connectivity index (χ3n) is 3.53. The number of quaternary nitrogens is 1. The zero-order chi connectivity index (χ0) is 16.7. The van der Waals surface area contributed by atoms with Crippen molar-refractivity contribution in [2.24, 2.45) is 4.40 Å². The van der Waals surface area contributed by atoms with E-state index in [0.717, 1.165) is 16.7 Å². The summed E-state index contributed by atoms with van der Waals surface area (Å²) in [7, 11) is 2.36. The van der Waals surface area contributed by atoms with Gasteiger partial charge in [0.15, 0.2) is 0 Å². The van der Waals surface area contributed by atoms with E-state index in [1.807, 2.05) is 63.6 Å². The zero-order valence-corrected chi connectivity index (χ0v) is 15.4. The van der Waals surface area contributed by atoms with E-state index in [1.54, 1.807) is 6.07 Å². The SMILES string of the molecule is C[N+](C)(C)CC1=NS(=O)(=O)Nc2cccc(-c3ccccc3)c21.[Cl-]. The molecule has 1 heterocycles. The molecule has 0 fully saturated rings. The van der Waals surface area contributed by atoms with Gasteiger partial charge in [0.25, 0.3) is 0 Å². The van der Waals surface area contributed by atoms with Gasteiger partial charge in [-0.05, 0) is 17.2 Å². The Balaban J connectivity index is 0.00000208. The maximum Gasteiger partial charge on any atom is 0.342 e. The number of likely N-dealkylation sites (N-methyl/N-ethyl adjacent to an activating group) is 1. The lowest BCUT2D eigenvalue weighted by molar-refractivity contribution is -0.860. The van der Waals surface area contributed by atoms with Gasteiger partial charge in [0.05, 0.1) is 26.8 Å². The summed E-state index contributed by atoms with van der Waals surface area (Å²) in [5, 5.41) is 0. The van der Waals surface area contributed by atoms with Gasteiger partial charge < -0.3 is 16.9 Å². The number of nitrogens with one attached hydrogen (secondary N) is 1. The standard InChI is InChI=1S/C17H20N3O2S.ClH/c1-20(2,3)12-16-17-14(13-8-5-4-6-9-13)10-7-11-15(17)18-23(21,22)19-16;/h4-11,18H,12H2,1-3H3;1H/q+1;/p-1. The van der Waals surface area contributed by atoms with Crippen LogP contribution >= 0.6 is 0 Å². The first-order valence-electron chi connectivity index (χ1n) is 7.36. The van der Waals surface area contributed by atoms with Crippen molar-refractivity contribution in [2.45, 2.75) is 0 Å². The molecule has 24 heavy (non-hydrogen) atoms. The third-order valence-corrected chi connectivity index (χ3v) is 4.47. The van der Waals surface area contributed by atoms with Crippen LogP contribution in [0, 0.1) is 0 Å². The van der Waals surface area contributed by atoms with E-state index in [2.05, 4.69) is 9.12 Å². The number of halogens is 1. The van der Waals surface area contributed by atoms with E-state index in [0.29, 0.717) is 22.4 Å². The van der Waals surface area contributed by atoms with Crippen LogP contribution in [-0.2, 0) is 10.2 Å². The number of hydrogen-bond donors (Lipinski definition) is 1. The van der Waals surface area contributed by atoms with E-state index >= 15 is 0 Å². The summed E-state index contributed by atoms with van der Waals surface area (Å²) in [5.41, 5.74) is 4.06. The lowest BCUT2D eigenvalue weighted by Crippen LogP contribution is -3.00. The van der Waals surface area contributed by atoms with Gasteiger partial charge in [-0.2, -0.15) is 8.42 Å². The molecule has 5 nitrogen and oxygen atoms in total. The molecule has 0 spiro atoms. The van der Waals surface area contributed by atoms with Crippen molar-refractivity contribution >= 4 is 21.6 Å². The molecular weight excluding hydrogens is 346 g/mol. The molecule has 0 saturated carbocycles. The monoisotopic (exact) mass is 365 g/mol. The molecule has 0 atom stereocenters. The predicted molar refractivity (Wildman–Crippen MR) is 93.9 cm³/mol. The summed E-state index contributed by atoms with van der Waals surface area (Å²) in [6.45, 7) is 0.526.